The maximum Gasteiger partial charge on any atom is 0.337 e. The Labute approximate surface area is 109 Å². The molecule has 0 saturated carbocycles. The SMILES string of the molecule is COC(=O)c1ccc(CCC(Br)CC=O)cc1. The topological polar surface area (TPSA) is 43.4 Å². The number of esters is 1. The van der Waals surface area contributed by atoms with E-state index < -0.39 is 0 Å². The van der Waals surface area contributed by atoms with Crippen molar-refractivity contribution in [2.45, 2.75) is 24.1 Å². The van der Waals surface area contributed by atoms with Crippen LogP contribution in [0.3, 0.4) is 0 Å². The summed E-state index contributed by atoms with van der Waals surface area (Å²) < 4.78 is 4.62. The Kier molecular flexibility index (Phi) is 5.91. The Balaban J connectivity index is 2.51. The number of carbonyl (C=O) groups excluding carboxylic acids is 2. The largest absolute Gasteiger partial charge is 0.465 e. The molecule has 0 aliphatic heterocycles. The van der Waals surface area contributed by atoms with E-state index in [0.29, 0.717) is 12.0 Å². The minimum atomic E-state index is -0.323. The molecule has 0 heterocycles. The van der Waals surface area contributed by atoms with E-state index >= 15 is 0 Å². The van der Waals surface area contributed by atoms with E-state index in [4.69, 9.17) is 0 Å². The van der Waals surface area contributed by atoms with Crippen LogP contribution < -0.4 is 0 Å². The first kappa shape index (κ1) is 13.9. The van der Waals surface area contributed by atoms with Gasteiger partial charge in [0.25, 0.3) is 0 Å². The highest BCUT2D eigenvalue weighted by Crippen LogP contribution is 2.14. The maximum absolute atomic E-state index is 11.2. The number of aryl methyl sites for hydroxylation is 1. The molecular weight excluding hydrogens is 284 g/mol. The van der Waals surface area contributed by atoms with Crippen LogP contribution in [-0.4, -0.2) is 24.2 Å². The molecule has 0 radical (unpaired) electrons. The zero-order chi connectivity index (χ0) is 12.7. The Bertz CT molecular complexity index is 373. The number of hydrogen-bond donors (Lipinski definition) is 0. The van der Waals surface area contributed by atoms with Crippen molar-refractivity contribution in [3.63, 3.8) is 0 Å². The van der Waals surface area contributed by atoms with Crippen LogP contribution in [0.1, 0.15) is 28.8 Å². The number of carbonyl (C=O) groups is 2. The lowest BCUT2D eigenvalue weighted by molar-refractivity contribution is -0.107. The summed E-state index contributed by atoms with van der Waals surface area (Å²) in [4.78, 5) is 21.7. The van der Waals surface area contributed by atoms with E-state index in [0.717, 1.165) is 24.7 Å². The van der Waals surface area contributed by atoms with Crippen molar-refractivity contribution >= 4 is 28.2 Å². The summed E-state index contributed by atoms with van der Waals surface area (Å²) in [5, 5.41) is 0. The number of hydrogen-bond acceptors (Lipinski definition) is 3. The molecule has 0 bridgehead atoms. The molecule has 0 saturated heterocycles. The fraction of sp³-hybridized carbons (Fsp3) is 0.385. The molecule has 92 valence electrons. The van der Waals surface area contributed by atoms with Gasteiger partial charge in [-0.3, -0.25) is 0 Å². The van der Waals surface area contributed by atoms with Gasteiger partial charge in [-0.15, -0.1) is 0 Å². The first-order valence-electron chi connectivity index (χ1n) is 5.42. The van der Waals surface area contributed by atoms with E-state index in [-0.39, 0.29) is 10.8 Å². The normalized spacial score (nSPS) is 11.9. The number of benzene rings is 1. The quantitative estimate of drug-likeness (QED) is 0.461. The summed E-state index contributed by atoms with van der Waals surface area (Å²) in [6.45, 7) is 0. The van der Waals surface area contributed by atoms with Crippen LogP contribution in [0.2, 0.25) is 0 Å². The van der Waals surface area contributed by atoms with Crippen LogP contribution in [0.4, 0.5) is 0 Å². The van der Waals surface area contributed by atoms with Gasteiger partial charge in [0.15, 0.2) is 0 Å². The molecule has 0 aromatic heterocycles. The van der Waals surface area contributed by atoms with Crippen molar-refractivity contribution in [2.24, 2.45) is 0 Å². The third-order valence-corrected chi connectivity index (χ3v) is 3.30. The number of aldehydes is 1. The molecule has 1 atom stereocenters. The van der Waals surface area contributed by atoms with Gasteiger partial charge >= 0.3 is 5.97 Å². The fourth-order valence-corrected chi connectivity index (χ4v) is 1.85. The minimum absolute atomic E-state index is 0.222. The number of ether oxygens (including phenoxy) is 1. The van der Waals surface area contributed by atoms with E-state index in [1.54, 1.807) is 12.1 Å². The highest BCUT2D eigenvalue weighted by Gasteiger charge is 2.06. The van der Waals surface area contributed by atoms with Crippen LogP contribution >= 0.6 is 15.9 Å². The summed E-state index contributed by atoms with van der Waals surface area (Å²) in [6.07, 6.45) is 3.22. The monoisotopic (exact) mass is 298 g/mol. The first-order valence-corrected chi connectivity index (χ1v) is 6.34. The summed E-state index contributed by atoms with van der Waals surface area (Å²) in [5.74, 6) is -0.323. The average Bonchev–Trinajstić information content (AvgIpc) is 2.36. The molecule has 0 N–H and O–H groups in total. The molecule has 1 aromatic carbocycles. The first-order chi connectivity index (χ1) is 8.17. The highest BCUT2D eigenvalue weighted by atomic mass is 79.9. The number of alkyl halides is 1. The summed E-state index contributed by atoms with van der Waals surface area (Å²) >= 11 is 3.44. The minimum Gasteiger partial charge on any atom is -0.465 e. The molecule has 0 amide bonds. The molecule has 1 aromatic rings. The lowest BCUT2D eigenvalue weighted by Crippen LogP contribution is -2.03. The van der Waals surface area contributed by atoms with Crippen molar-refractivity contribution in [2.75, 3.05) is 7.11 Å². The predicted octanol–water partition coefficient (Wildman–Crippen LogP) is 2.76. The van der Waals surface area contributed by atoms with Gasteiger partial charge in [-0.1, -0.05) is 28.1 Å². The van der Waals surface area contributed by atoms with Crippen molar-refractivity contribution < 1.29 is 14.3 Å². The molecule has 0 aliphatic rings. The van der Waals surface area contributed by atoms with Gasteiger partial charge in [-0.05, 0) is 30.5 Å². The van der Waals surface area contributed by atoms with Crippen LogP contribution in [0.15, 0.2) is 24.3 Å². The van der Waals surface area contributed by atoms with E-state index in [2.05, 4.69) is 20.7 Å². The molecule has 17 heavy (non-hydrogen) atoms. The third-order valence-electron chi connectivity index (χ3n) is 2.47. The van der Waals surface area contributed by atoms with Crippen LogP contribution in [0.5, 0.6) is 0 Å². The lowest BCUT2D eigenvalue weighted by Gasteiger charge is -2.06. The Morgan fingerprint density at radius 2 is 2.06 bits per heavy atom. The fourth-order valence-electron chi connectivity index (χ4n) is 1.47. The van der Waals surface area contributed by atoms with Crippen molar-refractivity contribution in [3.05, 3.63) is 35.4 Å². The Hall–Kier alpha value is -1.16. The Morgan fingerprint density at radius 1 is 1.41 bits per heavy atom. The van der Waals surface area contributed by atoms with E-state index in [1.807, 2.05) is 12.1 Å². The number of methoxy groups -OCH3 is 1. The van der Waals surface area contributed by atoms with Crippen LogP contribution in [-0.2, 0) is 16.0 Å². The molecule has 0 spiro atoms. The number of rotatable bonds is 6. The number of halogens is 1. The highest BCUT2D eigenvalue weighted by molar-refractivity contribution is 9.09. The zero-order valence-corrected chi connectivity index (χ0v) is 11.3. The zero-order valence-electron chi connectivity index (χ0n) is 9.69. The van der Waals surface area contributed by atoms with Crippen molar-refractivity contribution in [3.8, 4) is 0 Å². The second-order valence-corrected chi connectivity index (χ2v) is 5.02. The van der Waals surface area contributed by atoms with E-state index in [1.165, 1.54) is 7.11 Å². The van der Waals surface area contributed by atoms with Gasteiger partial charge in [-0.25, -0.2) is 4.79 Å². The van der Waals surface area contributed by atoms with Gasteiger partial charge in [0.2, 0.25) is 0 Å². The molecule has 0 fully saturated rings. The molecular formula is C13H15BrO3. The van der Waals surface area contributed by atoms with Crippen LogP contribution in [0, 0.1) is 0 Å². The average molecular weight is 299 g/mol. The Morgan fingerprint density at radius 3 is 2.59 bits per heavy atom. The van der Waals surface area contributed by atoms with Gasteiger partial charge in [0.05, 0.1) is 12.7 Å². The maximum atomic E-state index is 11.2. The van der Waals surface area contributed by atoms with Gasteiger partial charge in [0.1, 0.15) is 6.29 Å². The predicted molar refractivity (Wildman–Crippen MR) is 69.5 cm³/mol. The van der Waals surface area contributed by atoms with Crippen LogP contribution in [0.25, 0.3) is 0 Å². The van der Waals surface area contributed by atoms with E-state index in [9.17, 15) is 9.59 Å². The molecule has 1 unspecified atom stereocenters. The standard InChI is InChI=1S/C13H15BrO3/c1-17-13(16)11-5-2-10(3-6-11)4-7-12(14)8-9-15/h2-3,5-6,9,12H,4,7-8H2,1H3. The van der Waals surface area contributed by atoms with Crippen molar-refractivity contribution in [1.29, 1.82) is 0 Å². The summed E-state index contributed by atoms with van der Waals surface area (Å²) in [6, 6.07) is 7.33. The lowest BCUT2D eigenvalue weighted by atomic mass is 10.1. The van der Waals surface area contributed by atoms with Gasteiger partial charge in [-0.2, -0.15) is 0 Å². The second kappa shape index (κ2) is 7.22. The molecule has 0 aliphatic carbocycles. The smallest absolute Gasteiger partial charge is 0.337 e. The molecule has 1 rings (SSSR count). The van der Waals surface area contributed by atoms with Crippen molar-refractivity contribution in [1.82, 2.24) is 0 Å². The molecule has 4 heteroatoms. The second-order valence-electron chi connectivity index (χ2n) is 3.73. The molecule has 3 nitrogen and oxygen atoms in total. The van der Waals surface area contributed by atoms with Gasteiger partial charge in [0, 0.05) is 11.2 Å². The van der Waals surface area contributed by atoms with Gasteiger partial charge < -0.3 is 9.53 Å². The summed E-state index contributed by atoms with van der Waals surface area (Å²) in [5.41, 5.74) is 1.70. The summed E-state index contributed by atoms with van der Waals surface area (Å²) in [7, 11) is 1.37. The third kappa shape index (κ3) is 4.69.